The molecule has 0 aromatic heterocycles. The van der Waals surface area contributed by atoms with E-state index in [0.29, 0.717) is 5.92 Å². The zero-order valence-electron chi connectivity index (χ0n) is 6.54. The van der Waals surface area contributed by atoms with Gasteiger partial charge in [-0.15, -0.1) is 0 Å². The molecule has 0 amide bonds. The first-order valence-electron chi connectivity index (χ1n) is 3.74. The highest BCUT2D eigenvalue weighted by molar-refractivity contribution is 7.82. The molecule has 3 heteroatoms. The largest absolute Gasteiger partial charge is 0.252 e. The van der Waals surface area contributed by atoms with Gasteiger partial charge >= 0.3 is 0 Å². The van der Waals surface area contributed by atoms with E-state index in [0.717, 1.165) is 19.5 Å². The van der Waals surface area contributed by atoms with Gasteiger partial charge in [0, 0.05) is 17.8 Å². The molecule has 1 aliphatic rings. The van der Waals surface area contributed by atoms with Gasteiger partial charge in [-0.2, -0.15) is 12.6 Å². The highest BCUT2D eigenvalue weighted by atomic mass is 32.1. The second-order valence-electron chi connectivity index (χ2n) is 3.21. The molecule has 1 nitrogen and oxygen atoms in total. The Bertz CT molecular complexity index is 129. The fraction of sp³-hybridized carbons (Fsp3) is 1.00. The van der Waals surface area contributed by atoms with E-state index in [2.05, 4.69) is 43.6 Å². The molecule has 0 aromatic carbocycles. The molecule has 0 saturated carbocycles. The molecule has 60 valence electrons. The Morgan fingerprint density at radius 1 is 1.70 bits per heavy atom. The average Bonchev–Trinajstić information content (AvgIpc) is 2.09. The van der Waals surface area contributed by atoms with Gasteiger partial charge in [0.1, 0.15) is 0 Å². The minimum atomic E-state index is 0.210. The maximum Gasteiger partial charge on any atom is 0.0301 e. The molecule has 10 heavy (non-hydrogen) atoms. The number of hydrogen-bond acceptors (Lipinski definition) is 3. The summed E-state index contributed by atoms with van der Waals surface area (Å²) in [6.45, 7) is 6.51. The number of thiol groups is 2. The van der Waals surface area contributed by atoms with Gasteiger partial charge < -0.3 is 0 Å². The molecule has 1 saturated heterocycles. The van der Waals surface area contributed by atoms with Gasteiger partial charge in [-0.1, -0.05) is 26.7 Å². The lowest BCUT2D eigenvalue weighted by Gasteiger charge is -2.24. The number of hydrogen-bond donors (Lipinski definition) is 2. The third-order valence-electron chi connectivity index (χ3n) is 2.47. The summed E-state index contributed by atoms with van der Waals surface area (Å²) in [5, 5.41) is 0. The molecule has 1 heterocycles. The molecule has 1 rings (SSSR count). The first-order chi connectivity index (χ1) is 4.58. The molecule has 0 N–H and O–H groups in total. The maximum absolute atomic E-state index is 4.64. The van der Waals surface area contributed by atoms with E-state index >= 15 is 0 Å². The predicted octanol–water partition coefficient (Wildman–Crippen LogP) is 1.86. The second-order valence-corrected chi connectivity index (χ2v) is 4.66. The Labute approximate surface area is 74.1 Å². The van der Waals surface area contributed by atoms with Crippen molar-refractivity contribution in [3.8, 4) is 0 Å². The lowest BCUT2D eigenvalue weighted by atomic mass is 9.94. The molecule has 0 aliphatic carbocycles. The summed E-state index contributed by atoms with van der Waals surface area (Å²) in [7, 11) is 0. The van der Waals surface area contributed by atoms with E-state index < -0.39 is 0 Å². The first-order valence-corrected chi connectivity index (χ1v) is 4.59. The topological polar surface area (TPSA) is 3.24 Å². The smallest absolute Gasteiger partial charge is 0.0301 e. The second kappa shape index (κ2) is 2.95. The van der Waals surface area contributed by atoms with Gasteiger partial charge in [-0.05, 0) is 12.3 Å². The highest BCUT2D eigenvalue weighted by Crippen LogP contribution is 2.36. The van der Waals surface area contributed by atoms with Gasteiger partial charge in [-0.25, -0.2) is 0 Å². The molecular weight excluding hydrogens is 162 g/mol. The van der Waals surface area contributed by atoms with Crippen LogP contribution < -0.4 is 0 Å². The summed E-state index contributed by atoms with van der Waals surface area (Å²) in [5.74, 6) is 0.665. The van der Waals surface area contributed by atoms with Gasteiger partial charge in [0.25, 0.3) is 0 Å². The van der Waals surface area contributed by atoms with Crippen LogP contribution in [0.15, 0.2) is 0 Å². The fourth-order valence-corrected chi connectivity index (χ4v) is 2.34. The maximum atomic E-state index is 4.64. The van der Waals surface area contributed by atoms with Gasteiger partial charge in [-0.3, -0.25) is 4.31 Å². The Balaban J connectivity index is 2.61. The molecule has 2 atom stereocenters. The van der Waals surface area contributed by atoms with E-state index in [9.17, 15) is 0 Å². The van der Waals surface area contributed by atoms with Crippen molar-refractivity contribution >= 4 is 25.4 Å². The van der Waals surface area contributed by atoms with Crippen LogP contribution in [0.4, 0.5) is 0 Å². The Morgan fingerprint density at radius 2 is 2.30 bits per heavy atom. The van der Waals surface area contributed by atoms with Crippen LogP contribution in [0.2, 0.25) is 0 Å². The van der Waals surface area contributed by atoms with Crippen LogP contribution in [0.5, 0.6) is 0 Å². The van der Waals surface area contributed by atoms with Crippen LogP contribution in [-0.4, -0.2) is 22.1 Å². The molecule has 2 unspecified atom stereocenters. The molecular formula is C7H15NS2. The van der Waals surface area contributed by atoms with Crippen molar-refractivity contribution in [1.29, 1.82) is 0 Å². The molecule has 0 spiro atoms. The monoisotopic (exact) mass is 177 g/mol. The van der Waals surface area contributed by atoms with Crippen LogP contribution in [-0.2, 0) is 0 Å². The number of rotatable bonds is 1. The van der Waals surface area contributed by atoms with Crippen LogP contribution in [0.1, 0.15) is 20.3 Å². The fourth-order valence-electron chi connectivity index (χ4n) is 1.48. The van der Waals surface area contributed by atoms with Crippen molar-refractivity contribution in [2.75, 3.05) is 13.1 Å². The molecule has 0 radical (unpaired) electrons. The van der Waals surface area contributed by atoms with Crippen molar-refractivity contribution in [1.82, 2.24) is 4.31 Å². The van der Waals surface area contributed by atoms with E-state index in [-0.39, 0.29) is 4.75 Å². The van der Waals surface area contributed by atoms with Crippen LogP contribution >= 0.6 is 25.4 Å². The summed E-state index contributed by atoms with van der Waals surface area (Å²) < 4.78 is 2.27. The summed E-state index contributed by atoms with van der Waals surface area (Å²) in [6.07, 6.45) is 1.13. The van der Waals surface area contributed by atoms with Crippen molar-refractivity contribution in [3.63, 3.8) is 0 Å². The Hall–Kier alpha value is 0.660. The minimum absolute atomic E-state index is 0.210. The summed E-state index contributed by atoms with van der Waals surface area (Å²) >= 11 is 8.95. The van der Waals surface area contributed by atoms with Gasteiger partial charge in [0.15, 0.2) is 0 Å². The van der Waals surface area contributed by atoms with Crippen molar-refractivity contribution in [2.24, 2.45) is 5.92 Å². The van der Waals surface area contributed by atoms with E-state index in [1.807, 2.05) is 0 Å². The van der Waals surface area contributed by atoms with E-state index in [4.69, 9.17) is 0 Å². The highest BCUT2D eigenvalue weighted by Gasteiger charge is 2.38. The average molecular weight is 177 g/mol. The standard InChI is InChI=1S/C7H15NS2/c1-3-7(9)5-8(10)4-6(7)2/h6,9-10H,3-5H2,1-2H3. The summed E-state index contributed by atoms with van der Waals surface area (Å²) in [5.41, 5.74) is 0. The van der Waals surface area contributed by atoms with Crippen LogP contribution in [0.25, 0.3) is 0 Å². The third kappa shape index (κ3) is 1.46. The SMILES string of the molecule is CCC1(S)CN(S)CC1C. The molecule has 1 fully saturated rings. The molecule has 0 bridgehead atoms. The van der Waals surface area contributed by atoms with E-state index in [1.54, 1.807) is 0 Å². The number of nitrogens with zero attached hydrogens (tertiary/aromatic N) is 1. The lowest BCUT2D eigenvalue weighted by molar-refractivity contribution is 0.492. The van der Waals surface area contributed by atoms with Crippen LogP contribution in [0.3, 0.4) is 0 Å². The van der Waals surface area contributed by atoms with Crippen molar-refractivity contribution < 1.29 is 0 Å². The normalized spacial score (nSPS) is 42.6. The summed E-state index contributed by atoms with van der Waals surface area (Å²) in [6, 6.07) is 0. The lowest BCUT2D eigenvalue weighted by Crippen LogP contribution is -2.28. The van der Waals surface area contributed by atoms with Crippen molar-refractivity contribution in [3.05, 3.63) is 0 Å². The zero-order valence-corrected chi connectivity index (χ0v) is 8.33. The van der Waals surface area contributed by atoms with Gasteiger partial charge in [0.05, 0.1) is 0 Å². The Kier molecular flexibility index (Phi) is 2.59. The van der Waals surface area contributed by atoms with E-state index in [1.165, 1.54) is 0 Å². The quantitative estimate of drug-likeness (QED) is 0.578. The Morgan fingerprint density at radius 3 is 2.50 bits per heavy atom. The zero-order chi connectivity index (χ0) is 7.78. The first kappa shape index (κ1) is 8.75. The third-order valence-corrected chi connectivity index (χ3v) is 3.67. The van der Waals surface area contributed by atoms with Crippen LogP contribution in [0, 0.1) is 5.92 Å². The predicted molar refractivity (Wildman–Crippen MR) is 51.7 cm³/mol. The minimum Gasteiger partial charge on any atom is -0.252 e. The van der Waals surface area contributed by atoms with Crippen molar-refractivity contribution in [2.45, 2.75) is 25.0 Å². The molecule has 1 aliphatic heterocycles. The van der Waals surface area contributed by atoms with Gasteiger partial charge in [0.2, 0.25) is 0 Å². The molecule has 0 aromatic rings. The summed E-state index contributed by atoms with van der Waals surface area (Å²) in [4.78, 5) is 0.